The van der Waals surface area contributed by atoms with Crippen LogP contribution < -0.4 is 14.8 Å². The number of thioether (sulfide) groups is 1. The molecule has 1 saturated heterocycles. The zero-order valence-corrected chi connectivity index (χ0v) is 14.8. The molecule has 0 saturated carbocycles. The molecule has 0 unspecified atom stereocenters. The van der Waals surface area contributed by atoms with Gasteiger partial charge in [0.2, 0.25) is 0 Å². The van der Waals surface area contributed by atoms with Gasteiger partial charge in [0.15, 0.2) is 11.5 Å². The number of ether oxygens (including phenoxy) is 2. The second-order valence-corrected chi connectivity index (χ2v) is 7.30. The third kappa shape index (κ3) is 3.39. The molecule has 1 fully saturated rings. The van der Waals surface area contributed by atoms with Crippen LogP contribution in [-0.2, 0) is 0 Å². The van der Waals surface area contributed by atoms with Crippen LogP contribution in [0.1, 0.15) is 16.5 Å². The van der Waals surface area contributed by atoms with Gasteiger partial charge in [-0.15, -0.1) is 11.8 Å². The first kappa shape index (κ1) is 16.1. The topological polar surface area (TPSA) is 50.8 Å². The minimum atomic E-state index is -0.0752. The van der Waals surface area contributed by atoms with Crippen molar-refractivity contribution in [3.05, 3.63) is 53.6 Å². The molecule has 5 nitrogen and oxygen atoms in total. The van der Waals surface area contributed by atoms with Crippen LogP contribution >= 0.6 is 11.8 Å². The highest BCUT2D eigenvalue weighted by Gasteiger charge is 2.31. The van der Waals surface area contributed by atoms with Crippen LogP contribution in [0.2, 0.25) is 0 Å². The molecule has 2 aliphatic rings. The molecule has 2 aromatic rings. The van der Waals surface area contributed by atoms with Crippen molar-refractivity contribution in [3.8, 4) is 11.5 Å². The summed E-state index contributed by atoms with van der Waals surface area (Å²) < 4.78 is 11.3. The molecule has 1 atom stereocenters. The van der Waals surface area contributed by atoms with Crippen LogP contribution in [0, 0.1) is 6.92 Å². The lowest BCUT2D eigenvalue weighted by molar-refractivity contribution is 0.171. The molecular formula is C19H20N2O3S. The number of nitrogens with one attached hydrogen (secondary N) is 1. The van der Waals surface area contributed by atoms with E-state index in [2.05, 4.69) is 5.32 Å². The van der Waals surface area contributed by atoms with E-state index < -0.39 is 0 Å². The molecule has 130 valence electrons. The van der Waals surface area contributed by atoms with Crippen LogP contribution in [0.3, 0.4) is 0 Å². The van der Waals surface area contributed by atoms with Crippen molar-refractivity contribution in [1.82, 2.24) is 4.90 Å². The Morgan fingerprint density at radius 1 is 1.12 bits per heavy atom. The van der Waals surface area contributed by atoms with Crippen molar-refractivity contribution in [3.63, 3.8) is 0 Å². The number of anilines is 1. The van der Waals surface area contributed by atoms with E-state index in [1.54, 1.807) is 11.8 Å². The molecule has 2 heterocycles. The number of carbonyl (C=O) groups is 1. The van der Waals surface area contributed by atoms with Crippen LogP contribution in [-0.4, -0.2) is 36.4 Å². The van der Waals surface area contributed by atoms with Gasteiger partial charge in [-0.05, 0) is 36.8 Å². The summed E-state index contributed by atoms with van der Waals surface area (Å²) in [4.78, 5) is 14.6. The predicted octanol–water partition coefficient (Wildman–Crippen LogP) is 4.05. The summed E-state index contributed by atoms with van der Waals surface area (Å²) in [6.45, 7) is 3.89. The van der Waals surface area contributed by atoms with Crippen LogP contribution in [0.25, 0.3) is 0 Å². The number of carbonyl (C=O) groups excluding carboxylic acids is 1. The lowest BCUT2D eigenvalue weighted by Gasteiger charge is -2.26. The van der Waals surface area contributed by atoms with Gasteiger partial charge in [0.05, 0.1) is 0 Å². The Kier molecular flexibility index (Phi) is 4.44. The predicted molar refractivity (Wildman–Crippen MR) is 99.5 cm³/mol. The van der Waals surface area contributed by atoms with Gasteiger partial charge in [0.1, 0.15) is 18.6 Å². The molecular weight excluding hydrogens is 336 g/mol. The minimum Gasteiger partial charge on any atom is -0.486 e. The lowest BCUT2D eigenvalue weighted by atomic mass is 10.1. The highest BCUT2D eigenvalue weighted by Crippen LogP contribution is 2.41. The first-order valence-corrected chi connectivity index (χ1v) is 9.41. The average Bonchev–Trinajstić information content (AvgIpc) is 3.13. The highest BCUT2D eigenvalue weighted by atomic mass is 32.2. The molecule has 2 amide bonds. The number of aryl methyl sites for hydroxylation is 1. The molecule has 0 spiro atoms. The minimum absolute atomic E-state index is 0.0127. The molecule has 2 aliphatic heterocycles. The van der Waals surface area contributed by atoms with Crippen LogP contribution in [0.15, 0.2) is 42.5 Å². The Labute approximate surface area is 151 Å². The maximum atomic E-state index is 12.7. The third-order valence-corrected chi connectivity index (χ3v) is 5.57. The van der Waals surface area contributed by atoms with E-state index in [0.29, 0.717) is 13.2 Å². The summed E-state index contributed by atoms with van der Waals surface area (Å²) in [6, 6.07) is 13.7. The van der Waals surface area contributed by atoms with Gasteiger partial charge < -0.3 is 19.7 Å². The largest absolute Gasteiger partial charge is 0.486 e. The van der Waals surface area contributed by atoms with E-state index in [1.165, 1.54) is 5.56 Å². The van der Waals surface area contributed by atoms with Gasteiger partial charge >= 0.3 is 6.03 Å². The van der Waals surface area contributed by atoms with Crippen molar-refractivity contribution in [2.45, 2.75) is 12.3 Å². The second-order valence-electron chi connectivity index (χ2n) is 6.12. The summed E-state index contributed by atoms with van der Waals surface area (Å²) in [5.41, 5.74) is 3.04. The first-order chi connectivity index (χ1) is 12.2. The van der Waals surface area contributed by atoms with Crippen molar-refractivity contribution >= 4 is 23.5 Å². The van der Waals surface area contributed by atoms with E-state index >= 15 is 0 Å². The fourth-order valence-corrected chi connectivity index (χ4v) is 4.25. The number of hydrogen-bond donors (Lipinski definition) is 1. The Balaban J connectivity index is 1.51. The molecule has 0 aliphatic carbocycles. The average molecular weight is 356 g/mol. The van der Waals surface area contributed by atoms with E-state index in [1.807, 2.05) is 54.3 Å². The summed E-state index contributed by atoms with van der Waals surface area (Å²) in [7, 11) is 0. The number of benzene rings is 2. The monoisotopic (exact) mass is 356 g/mol. The molecule has 6 heteroatoms. The third-order valence-electron chi connectivity index (χ3n) is 4.31. The Hall–Kier alpha value is -2.34. The maximum Gasteiger partial charge on any atom is 0.323 e. The van der Waals surface area contributed by atoms with Gasteiger partial charge in [-0.3, -0.25) is 0 Å². The van der Waals surface area contributed by atoms with Gasteiger partial charge in [-0.2, -0.15) is 0 Å². The summed E-state index contributed by atoms with van der Waals surface area (Å²) in [5.74, 6) is 2.45. The Morgan fingerprint density at radius 2 is 1.88 bits per heavy atom. The van der Waals surface area contributed by atoms with E-state index in [0.717, 1.165) is 35.0 Å². The van der Waals surface area contributed by atoms with Crippen molar-refractivity contribution in [2.75, 3.05) is 30.8 Å². The normalized spacial score (nSPS) is 18.9. The number of hydrogen-bond acceptors (Lipinski definition) is 4. The zero-order chi connectivity index (χ0) is 17.2. The van der Waals surface area contributed by atoms with E-state index in [9.17, 15) is 4.79 Å². The quantitative estimate of drug-likeness (QED) is 0.882. The molecule has 2 aromatic carbocycles. The number of urea groups is 1. The van der Waals surface area contributed by atoms with Crippen LogP contribution in [0.4, 0.5) is 10.5 Å². The van der Waals surface area contributed by atoms with Crippen LogP contribution in [0.5, 0.6) is 11.5 Å². The molecule has 25 heavy (non-hydrogen) atoms. The summed E-state index contributed by atoms with van der Waals surface area (Å²) in [5, 5.41) is 2.98. The summed E-state index contributed by atoms with van der Waals surface area (Å²) >= 11 is 1.76. The number of nitrogens with zero attached hydrogens (tertiary/aromatic N) is 1. The fraction of sp³-hybridized carbons (Fsp3) is 0.316. The number of rotatable bonds is 2. The van der Waals surface area contributed by atoms with Gasteiger partial charge in [0.25, 0.3) is 0 Å². The smallest absolute Gasteiger partial charge is 0.323 e. The molecule has 0 radical (unpaired) electrons. The van der Waals surface area contributed by atoms with E-state index in [4.69, 9.17) is 9.47 Å². The highest BCUT2D eigenvalue weighted by molar-refractivity contribution is 7.99. The second kappa shape index (κ2) is 6.88. The maximum absolute atomic E-state index is 12.7. The Morgan fingerprint density at radius 3 is 2.68 bits per heavy atom. The standard InChI is InChI=1S/C19H20N2O3S/c1-13-2-5-15(6-3-13)20-19(22)21-8-11-25-18(21)14-4-7-16-17(12-14)24-10-9-23-16/h2-7,12,18H,8-11H2,1H3,(H,20,22)/t18-/m0/s1. The summed E-state index contributed by atoms with van der Waals surface area (Å²) in [6.07, 6.45) is 0. The molecule has 1 N–H and O–H groups in total. The van der Waals surface area contributed by atoms with Crippen molar-refractivity contribution < 1.29 is 14.3 Å². The van der Waals surface area contributed by atoms with Gasteiger partial charge in [0, 0.05) is 18.0 Å². The zero-order valence-electron chi connectivity index (χ0n) is 14.0. The lowest BCUT2D eigenvalue weighted by Crippen LogP contribution is -2.34. The first-order valence-electron chi connectivity index (χ1n) is 8.36. The van der Waals surface area contributed by atoms with Gasteiger partial charge in [-0.1, -0.05) is 23.8 Å². The Bertz CT molecular complexity index is 779. The number of fused-ring (bicyclic) bond motifs is 1. The number of amides is 2. The SMILES string of the molecule is Cc1ccc(NC(=O)N2CCS[C@H]2c2ccc3c(c2)OCCO3)cc1. The van der Waals surface area contributed by atoms with Gasteiger partial charge in [-0.25, -0.2) is 4.79 Å². The van der Waals surface area contributed by atoms with Crippen molar-refractivity contribution in [2.24, 2.45) is 0 Å². The molecule has 0 bridgehead atoms. The molecule has 0 aromatic heterocycles. The van der Waals surface area contributed by atoms with E-state index in [-0.39, 0.29) is 11.4 Å². The molecule has 4 rings (SSSR count). The fourth-order valence-electron chi connectivity index (χ4n) is 3.00. The van der Waals surface area contributed by atoms with Crippen molar-refractivity contribution in [1.29, 1.82) is 0 Å².